The predicted molar refractivity (Wildman–Crippen MR) is 53.3 cm³/mol. The van der Waals surface area contributed by atoms with Crippen LogP contribution in [0.5, 0.6) is 0 Å². The second-order valence-corrected chi connectivity index (χ2v) is 3.39. The highest BCUT2D eigenvalue weighted by atomic mass is 16.5. The minimum atomic E-state index is -0.654. The fraction of sp³-hybridized carbons (Fsp3) is 0.500. The number of likely N-dealkylation sites (N-methyl/N-ethyl adjacent to an activating group) is 1. The SMILES string of the molecule is COC(=O)/C=C/C(=O)OC1CC(=O)N(C)C1. The van der Waals surface area contributed by atoms with Gasteiger partial charge >= 0.3 is 11.9 Å². The monoisotopic (exact) mass is 227 g/mol. The molecule has 0 bridgehead atoms. The van der Waals surface area contributed by atoms with E-state index in [1.54, 1.807) is 7.05 Å². The summed E-state index contributed by atoms with van der Waals surface area (Å²) >= 11 is 0. The average Bonchev–Trinajstić information content (AvgIpc) is 2.54. The number of hydrogen-bond acceptors (Lipinski definition) is 5. The number of methoxy groups -OCH3 is 1. The number of hydrogen-bond donors (Lipinski definition) is 0. The van der Waals surface area contributed by atoms with E-state index in [4.69, 9.17) is 4.74 Å². The third kappa shape index (κ3) is 3.38. The van der Waals surface area contributed by atoms with Gasteiger partial charge in [-0.15, -0.1) is 0 Å². The number of rotatable bonds is 3. The van der Waals surface area contributed by atoms with Crippen LogP contribution in [0, 0.1) is 0 Å². The minimum absolute atomic E-state index is 0.0604. The quantitative estimate of drug-likeness (QED) is 0.479. The van der Waals surface area contributed by atoms with Crippen molar-refractivity contribution < 1.29 is 23.9 Å². The van der Waals surface area contributed by atoms with Crippen molar-refractivity contribution in [3.05, 3.63) is 12.2 Å². The zero-order valence-corrected chi connectivity index (χ0v) is 9.13. The van der Waals surface area contributed by atoms with Gasteiger partial charge in [0.2, 0.25) is 5.91 Å². The molecule has 1 unspecified atom stereocenters. The lowest BCUT2D eigenvalue weighted by molar-refractivity contribution is -0.143. The van der Waals surface area contributed by atoms with E-state index in [1.165, 1.54) is 12.0 Å². The first-order valence-electron chi connectivity index (χ1n) is 4.73. The minimum Gasteiger partial charge on any atom is -0.466 e. The molecule has 6 heteroatoms. The Morgan fingerprint density at radius 3 is 2.50 bits per heavy atom. The summed E-state index contributed by atoms with van der Waals surface area (Å²) in [7, 11) is 2.85. The molecular weight excluding hydrogens is 214 g/mol. The molecule has 0 saturated carbocycles. The van der Waals surface area contributed by atoms with Crippen molar-refractivity contribution in [1.29, 1.82) is 0 Å². The molecule has 1 atom stereocenters. The second kappa shape index (κ2) is 5.29. The molecule has 0 aromatic heterocycles. The highest BCUT2D eigenvalue weighted by Gasteiger charge is 2.29. The van der Waals surface area contributed by atoms with Crippen LogP contribution in [0.15, 0.2) is 12.2 Å². The first-order valence-corrected chi connectivity index (χ1v) is 4.73. The van der Waals surface area contributed by atoms with Gasteiger partial charge in [0.05, 0.1) is 20.1 Å². The molecule has 1 aliphatic heterocycles. The Balaban J connectivity index is 2.38. The van der Waals surface area contributed by atoms with Crippen LogP contribution in [0.4, 0.5) is 0 Å². The van der Waals surface area contributed by atoms with Crippen molar-refractivity contribution in [2.75, 3.05) is 20.7 Å². The van der Waals surface area contributed by atoms with Gasteiger partial charge in [-0.1, -0.05) is 0 Å². The smallest absolute Gasteiger partial charge is 0.331 e. The molecule has 0 N–H and O–H groups in total. The van der Waals surface area contributed by atoms with Crippen molar-refractivity contribution in [2.45, 2.75) is 12.5 Å². The fourth-order valence-electron chi connectivity index (χ4n) is 1.31. The van der Waals surface area contributed by atoms with Crippen LogP contribution in [0.1, 0.15) is 6.42 Å². The second-order valence-electron chi connectivity index (χ2n) is 3.39. The van der Waals surface area contributed by atoms with Crippen molar-refractivity contribution in [2.24, 2.45) is 0 Å². The Bertz CT molecular complexity index is 336. The summed E-state index contributed by atoms with van der Waals surface area (Å²) in [5, 5.41) is 0. The molecule has 0 spiro atoms. The standard InChI is InChI=1S/C10H13NO5/c1-11-6-7(5-8(11)12)16-10(14)4-3-9(13)15-2/h3-4,7H,5-6H2,1-2H3/b4-3+. The Hall–Kier alpha value is -1.85. The van der Waals surface area contributed by atoms with E-state index >= 15 is 0 Å². The zero-order valence-electron chi connectivity index (χ0n) is 9.13. The highest BCUT2D eigenvalue weighted by molar-refractivity contribution is 5.92. The van der Waals surface area contributed by atoms with E-state index < -0.39 is 18.0 Å². The van der Waals surface area contributed by atoms with Gasteiger partial charge in [-0.2, -0.15) is 0 Å². The van der Waals surface area contributed by atoms with Crippen LogP contribution in [-0.4, -0.2) is 49.6 Å². The van der Waals surface area contributed by atoms with E-state index in [1.807, 2.05) is 0 Å². The maximum Gasteiger partial charge on any atom is 0.331 e. The number of nitrogens with zero attached hydrogens (tertiary/aromatic N) is 1. The van der Waals surface area contributed by atoms with Crippen LogP contribution >= 0.6 is 0 Å². The molecule has 1 heterocycles. The molecule has 1 saturated heterocycles. The van der Waals surface area contributed by atoms with Crippen LogP contribution in [-0.2, 0) is 23.9 Å². The number of carbonyl (C=O) groups is 3. The Kier molecular flexibility index (Phi) is 4.04. The molecule has 1 fully saturated rings. The summed E-state index contributed by atoms with van der Waals surface area (Å²) < 4.78 is 9.26. The van der Waals surface area contributed by atoms with Crippen molar-refractivity contribution in [3.8, 4) is 0 Å². The molecule has 0 aliphatic carbocycles. The van der Waals surface area contributed by atoms with Crippen LogP contribution in [0.2, 0.25) is 0 Å². The number of carbonyl (C=O) groups excluding carboxylic acids is 3. The molecule has 6 nitrogen and oxygen atoms in total. The molecular formula is C10H13NO5. The Morgan fingerprint density at radius 1 is 1.38 bits per heavy atom. The summed E-state index contributed by atoms with van der Waals surface area (Å²) in [6.45, 7) is 0.386. The summed E-state index contributed by atoms with van der Waals surface area (Å²) in [6, 6.07) is 0. The van der Waals surface area contributed by atoms with Gasteiger partial charge in [0.1, 0.15) is 6.10 Å². The first kappa shape index (κ1) is 12.2. The maximum atomic E-state index is 11.2. The van der Waals surface area contributed by atoms with Gasteiger partial charge in [0, 0.05) is 19.2 Å². The third-order valence-corrected chi connectivity index (χ3v) is 2.15. The molecule has 88 valence electrons. The van der Waals surface area contributed by atoms with Gasteiger partial charge < -0.3 is 14.4 Å². The largest absolute Gasteiger partial charge is 0.466 e. The lowest BCUT2D eigenvalue weighted by Crippen LogP contribution is -2.22. The normalized spacial score (nSPS) is 20.2. The zero-order chi connectivity index (χ0) is 12.1. The first-order chi connectivity index (χ1) is 7.52. The number of amides is 1. The Morgan fingerprint density at radius 2 is 2.00 bits per heavy atom. The highest BCUT2D eigenvalue weighted by Crippen LogP contribution is 2.12. The topological polar surface area (TPSA) is 72.9 Å². The van der Waals surface area contributed by atoms with Crippen LogP contribution in [0.3, 0.4) is 0 Å². The summed E-state index contributed by atoms with van der Waals surface area (Å²) in [6.07, 6.45) is 1.71. The summed E-state index contributed by atoms with van der Waals surface area (Å²) in [4.78, 5) is 34.5. The molecule has 0 radical (unpaired) electrons. The van der Waals surface area contributed by atoms with Gasteiger partial charge in [-0.05, 0) is 0 Å². The van der Waals surface area contributed by atoms with Crippen molar-refractivity contribution in [3.63, 3.8) is 0 Å². The van der Waals surface area contributed by atoms with Gasteiger partial charge in [0.15, 0.2) is 0 Å². The van der Waals surface area contributed by atoms with Gasteiger partial charge in [-0.25, -0.2) is 9.59 Å². The number of likely N-dealkylation sites (tertiary alicyclic amines) is 1. The molecule has 16 heavy (non-hydrogen) atoms. The molecule has 1 aliphatic rings. The lowest BCUT2D eigenvalue weighted by atomic mass is 10.3. The molecule has 0 aromatic rings. The summed E-state index contributed by atoms with van der Waals surface area (Å²) in [5.74, 6) is -1.34. The van der Waals surface area contributed by atoms with Crippen molar-refractivity contribution >= 4 is 17.8 Å². The third-order valence-electron chi connectivity index (χ3n) is 2.15. The van der Waals surface area contributed by atoms with Gasteiger partial charge in [0.25, 0.3) is 0 Å². The van der Waals surface area contributed by atoms with Crippen LogP contribution in [0.25, 0.3) is 0 Å². The van der Waals surface area contributed by atoms with Gasteiger partial charge in [-0.3, -0.25) is 4.79 Å². The van der Waals surface area contributed by atoms with Crippen molar-refractivity contribution in [1.82, 2.24) is 4.90 Å². The predicted octanol–water partition coefficient (Wildman–Crippen LogP) is -0.511. The van der Waals surface area contributed by atoms with E-state index in [-0.39, 0.29) is 12.3 Å². The Labute approximate surface area is 92.8 Å². The molecule has 1 amide bonds. The lowest BCUT2D eigenvalue weighted by Gasteiger charge is -2.09. The number of esters is 2. The van der Waals surface area contributed by atoms with E-state index in [0.717, 1.165) is 12.2 Å². The average molecular weight is 227 g/mol. The van der Waals surface area contributed by atoms with E-state index in [0.29, 0.717) is 6.54 Å². The van der Waals surface area contributed by atoms with Crippen LogP contribution < -0.4 is 0 Å². The molecule has 0 aromatic carbocycles. The number of ether oxygens (including phenoxy) is 2. The molecule has 1 rings (SSSR count). The maximum absolute atomic E-state index is 11.2. The summed E-state index contributed by atoms with van der Waals surface area (Å²) in [5.41, 5.74) is 0. The van der Waals surface area contributed by atoms with E-state index in [2.05, 4.69) is 4.74 Å². The van der Waals surface area contributed by atoms with E-state index in [9.17, 15) is 14.4 Å². The fourth-order valence-corrected chi connectivity index (χ4v) is 1.31.